The summed E-state index contributed by atoms with van der Waals surface area (Å²) < 4.78 is 39.9. The van der Waals surface area contributed by atoms with Crippen molar-refractivity contribution in [1.29, 1.82) is 0 Å². The Morgan fingerprint density at radius 2 is 1.64 bits per heavy atom. The monoisotopic (exact) mass is 357 g/mol. The lowest BCUT2D eigenvalue weighted by Gasteiger charge is -2.18. The van der Waals surface area contributed by atoms with Gasteiger partial charge in [-0.05, 0) is 48.5 Å². The van der Waals surface area contributed by atoms with Gasteiger partial charge in [-0.1, -0.05) is 18.2 Å². The van der Waals surface area contributed by atoms with E-state index < -0.39 is 15.8 Å². The Bertz CT molecular complexity index is 944. The minimum Gasteiger partial charge on any atom is -0.329 e. The Hall–Kier alpha value is -2.93. The summed E-state index contributed by atoms with van der Waals surface area (Å²) in [7, 11) is -1.91. The molecular weight excluding hydrogens is 341 g/mol. The van der Waals surface area contributed by atoms with Crippen LogP contribution in [0.2, 0.25) is 0 Å². The molecule has 0 saturated heterocycles. The molecule has 0 amide bonds. The summed E-state index contributed by atoms with van der Waals surface area (Å²) in [5.74, 6) is 0.185. The number of hydrogen-bond acceptors (Lipinski definition) is 4. The smallest absolute Gasteiger partial charge is 0.261 e. The van der Waals surface area contributed by atoms with Crippen molar-refractivity contribution in [3.63, 3.8) is 0 Å². The molecule has 2 aromatic carbocycles. The van der Waals surface area contributed by atoms with Gasteiger partial charge in [-0.3, -0.25) is 4.72 Å². The Morgan fingerprint density at radius 3 is 2.24 bits per heavy atom. The van der Waals surface area contributed by atoms with Gasteiger partial charge < -0.3 is 4.90 Å². The summed E-state index contributed by atoms with van der Waals surface area (Å²) in [6.45, 7) is 0. The zero-order chi connectivity index (χ0) is 17.9. The van der Waals surface area contributed by atoms with Crippen LogP contribution in [-0.2, 0) is 10.0 Å². The maximum atomic E-state index is 12.9. The summed E-state index contributed by atoms with van der Waals surface area (Å²) in [4.78, 5) is 6.16. The minimum atomic E-state index is -3.79. The number of sulfonamides is 1. The molecule has 0 aliphatic rings. The SMILES string of the molecule is CN(c1ccccc1)c1ccc(NS(=O)(=O)c2ccc(F)cc2)cn1. The van der Waals surface area contributed by atoms with Crippen LogP contribution in [0.1, 0.15) is 0 Å². The second kappa shape index (κ2) is 6.90. The third-order valence-electron chi connectivity index (χ3n) is 3.61. The van der Waals surface area contributed by atoms with E-state index >= 15 is 0 Å². The van der Waals surface area contributed by atoms with Crippen LogP contribution in [0.15, 0.2) is 77.8 Å². The molecule has 1 aromatic heterocycles. The second-order valence-electron chi connectivity index (χ2n) is 5.36. The molecule has 0 radical (unpaired) electrons. The molecule has 0 saturated carbocycles. The van der Waals surface area contributed by atoms with Crippen LogP contribution in [0, 0.1) is 5.82 Å². The number of pyridine rings is 1. The zero-order valence-corrected chi connectivity index (χ0v) is 14.2. The predicted molar refractivity (Wildman–Crippen MR) is 96.0 cm³/mol. The normalized spacial score (nSPS) is 11.1. The molecule has 3 rings (SSSR count). The molecule has 128 valence electrons. The number of anilines is 3. The Balaban J connectivity index is 1.77. The van der Waals surface area contributed by atoms with Crippen LogP contribution in [-0.4, -0.2) is 20.4 Å². The molecule has 0 aliphatic carbocycles. The van der Waals surface area contributed by atoms with Gasteiger partial charge in [-0.25, -0.2) is 17.8 Å². The molecule has 0 spiro atoms. The number of halogens is 1. The third kappa shape index (κ3) is 3.95. The number of benzene rings is 2. The first-order chi connectivity index (χ1) is 12.0. The third-order valence-corrected chi connectivity index (χ3v) is 5.01. The van der Waals surface area contributed by atoms with Gasteiger partial charge in [0.1, 0.15) is 11.6 Å². The van der Waals surface area contributed by atoms with E-state index in [0.29, 0.717) is 11.5 Å². The number of rotatable bonds is 5. The van der Waals surface area contributed by atoms with Crippen LogP contribution < -0.4 is 9.62 Å². The van der Waals surface area contributed by atoms with Gasteiger partial charge in [-0.2, -0.15) is 0 Å². The topological polar surface area (TPSA) is 62.3 Å². The fraction of sp³-hybridized carbons (Fsp3) is 0.0556. The highest BCUT2D eigenvalue weighted by atomic mass is 32.2. The summed E-state index contributed by atoms with van der Waals surface area (Å²) in [6.07, 6.45) is 1.44. The first kappa shape index (κ1) is 16.9. The van der Waals surface area contributed by atoms with Crippen LogP contribution in [0.3, 0.4) is 0 Å². The van der Waals surface area contributed by atoms with Crippen molar-refractivity contribution < 1.29 is 12.8 Å². The fourth-order valence-electron chi connectivity index (χ4n) is 2.26. The summed E-state index contributed by atoms with van der Waals surface area (Å²) in [5.41, 5.74) is 1.30. The lowest BCUT2D eigenvalue weighted by atomic mass is 10.3. The molecule has 3 aromatic rings. The molecule has 0 fully saturated rings. The van der Waals surface area contributed by atoms with Crippen molar-refractivity contribution in [2.24, 2.45) is 0 Å². The number of aromatic nitrogens is 1. The first-order valence-corrected chi connectivity index (χ1v) is 8.97. The molecule has 7 heteroatoms. The van der Waals surface area contributed by atoms with E-state index in [1.54, 1.807) is 12.1 Å². The highest BCUT2D eigenvalue weighted by Gasteiger charge is 2.14. The quantitative estimate of drug-likeness (QED) is 0.755. The van der Waals surface area contributed by atoms with Crippen LogP contribution in [0.5, 0.6) is 0 Å². The molecule has 25 heavy (non-hydrogen) atoms. The van der Waals surface area contributed by atoms with Crippen molar-refractivity contribution in [3.8, 4) is 0 Å². The maximum Gasteiger partial charge on any atom is 0.261 e. The number of hydrogen-bond donors (Lipinski definition) is 1. The Kier molecular flexibility index (Phi) is 4.67. The highest BCUT2D eigenvalue weighted by molar-refractivity contribution is 7.92. The molecule has 5 nitrogen and oxygen atoms in total. The molecular formula is C18H16FN3O2S. The van der Waals surface area contributed by atoms with E-state index in [1.807, 2.05) is 42.3 Å². The summed E-state index contributed by atoms with van der Waals surface area (Å²) >= 11 is 0. The van der Waals surface area contributed by atoms with Crippen molar-refractivity contribution in [2.45, 2.75) is 4.90 Å². The van der Waals surface area contributed by atoms with Crippen molar-refractivity contribution in [3.05, 3.63) is 78.7 Å². The zero-order valence-electron chi connectivity index (χ0n) is 13.4. The number of para-hydroxylation sites is 1. The van der Waals surface area contributed by atoms with Gasteiger partial charge in [0.2, 0.25) is 0 Å². The van der Waals surface area contributed by atoms with Gasteiger partial charge in [0.25, 0.3) is 10.0 Å². The summed E-state index contributed by atoms with van der Waals surface area (Å²) in [5, 5.41) is 0. The van der Waals surface area contributed by atoms with Gasteiger partial charge in [0.05, 0.1) is 16.8 Å². The van der Waals surface area contributed by atoms with E-state index in [4.69, 9.17) is 0 Å². The molecule has 1 N–H and O–H groups in total. The average Bonchev–Trinajstić information content (AvgIpc) is 2.62. The number of nitrogens with one attached hydrogen (secondary N) is 1. The van der Waals surface area contributed by atoms with Gasteiger partial charge in [-0.15, -0.1) is 0 Å². The lowest BCUT2D eigenvalue weighted by Crippen LogP contribution is -2.14. The van der Waals surface area contributed by atoms with Gasteiger partial charge >= 0.3 is 0 Å². The Labute approximate surface area is 145 Å². The number of nitrogens with zero attached hydrogens (tertiary/aromatic N) is 2. The lowest BCUT2D eigenvalue weighted by molar-refractivity contribution is 0.599. The van der Waals surface area contributed by atoms with E-state index in [9.17, 15) is 12.8 Å². The first-order valence-electron chi connectivity index (χ1n) is 7.49. The molecule has 0 unspecified atom stereocenters. The van der Waals surface area contributed by atoms with Gasteiger partial charge in [0.15, 0.2) is 0 Å². The predicted octanol–water partition coefficient (Wildman–Crippen LogP) is 3.79. The largest absolute Gasteiger partial charge is 0.329 e. The standard InChI is InChI=1S/C18H16FN3O2S/c1-22(16-5-3-2-4-6-16)18-12-9-15(13-20-18)21-25(23,24)17-10-7-14(19)8-11-17/h2-13,21H,1H3. The van der Waals surface area contributed by atoms with E-state index in [0.717, 1.165) is 17.8 Å². The molecule has 0 aliphatic heterocycles. The second-order valence-corrected chi connectivity index (χ2v) is 7.04. The average molecular weight is 357 g/mol. The molecule has 1 heterocycles. The molecule has 0 atom stereocenters. The van der Waals surface area contributed by atoms with Crippen molar-refractivity contribution >= 4 is 27.2 Å². The minimum absolute atomic E-state index is 0.0145. The van der Waals surface area contributed by atoms with Crippen LogP contribution in [0.25, 0.3) is 0 Å². The van der Waals surface area contributed by atoms with Crippen molar-refractivity contribution in [1.82, 2.24) is 4.98 Å². The maximum absolute atomic E-state index is 12.9. The molecule has 0 bridgehead atoms. The van der Waals surface area contributed by atoms with Gasteiger partial charge in [0, 0.05) is 12.7 Å². The summed E-state index contributed by atoms with van der Waals surface area (Å²) in [6, 6.07) is 17.7. The Morgan fingerprint density at radius 1 is 0.960 bits per heavy atom. The highest BCUT2D eigenvalue weighted by Crippen LogP contribution is 2.23. The fourth-order valence-corrected chi connectivity index (χ4v) is 3.30. The van der Waals surface area contributed by atoms with Crippen LogP contribution >= 0.6 is 0 Å². The van der Waals surface area contributed by atoms with Crippen molar-refractivity contribution in [2.75, 3.05) is 16.7 Å². The van der Waals surface area contributed by atoms with E-state index in [-0.39, 0.29) is 4.90 Å². The van der Waals surface area contributed by atoms with E-state index in [2.05, 4.69) is 9.71 Å². The van der Waals surface area contributed by atoms with E-state index in [1.165, 1.54) is 18.3 Å². The van der Waals surface area contributed by atoms with Crippen LogP contribution in [0.4, 0.5) is 21.6 Å².